The zero-order chi connectivity index (χ0) is 12.0. The molecule has 5 heteroatoms. The monoisotopic (exact) mass is 254 g/mol. The van der Waals surface area contributed by atoms with Crippen LogP contribution in [0.5, 0.6) is 0 Å². The molecule has 0 fully saturated rings. The van der Waals surface area contributed by atoms with E-state index in [0.29, 0.717) is 24.3 Å². The number of carbonyl (C=O) groups excluding carboxylic acids is 1. The zero-order valence-electron chi connectivity index (χ0n) is 9.84. The van der Waals surface area contributed by atoms with Crippen molar-refractivity contribution in [3.05, 3.63) is 35.4 Å². The molecule has 0 aliphatic carbocycles. The first-order chi connectivity index (χ1) is 7.63. The third kappa shape index (κ3) is 5.34. The van der Waals surface area contributed by atoms with Gasteiger partial charge in [-0.3, -0.25) is 0 Å². The molecule has 0 amide bonds. The Morgan fingerprint density at radius 1 is 1.47 bits per heavy atom. The average Bonchev–Trinajstić information content (AvgIpc) is 2.28. The molecule has 4 nitrogen and oxygen atoms in total. The molecule has 0 spiro atoms. The lowest BCUT2D eigenvalue weighted by Gasteiger charge is -2.09. The molecule has 0 bridgehead atoms. The standard InChI is InChI=1S/C12H14N2O2.ClH/c1-14(2)6-7-16-12(15)11-5-3-4-10(8-11)9-13;/h3-5,8H,6-7H2,1-2H3;1H. The fraction of sp³-hybridized carbons (Fsp3) is 0.333. The predicted octanol–water partition coefficient (Wildman–Crippen LogP) is 1.70. The maximum absolute atomic E-state index is 11.5. The molecule has 0 N–H and O–H groups in total. The van der Waals surface area contributed by atoms with Crippen molar-refractivity contribution >= 4 is 18.4 Å². The summed E-state index contributed by atoms with van der Waals surface area (Å²) in [4.78, 5) is 13.5. The second-order valence-corrected chi connectivity index (χ2v) is 3.63. The molecule has 0 radical (unpaired) electrons. The van der Waals surface area contributed by atoms with Gasteiger partial charge < -0.3 is 9.64 Å². The zero-order valence-corrected chi connectivity index (χ0v) is 10.7. The van der Waals surface area contributed by atoms with Gasteiger partial charge in [-0.2, -0.15) is 5.26 Å². The van der Waals surface area contributed by atoms with E-state index in [1.165, 1.54) is 6.07 Å². The first-order valence-electron chi connectivity index (χ1n) is 4.95. The topological polar surface area (TPSA) is 53.3 Å². The van der Waals surface area contributed by atoms with Crippen LogP contribution >= 0.6 is 12.4 Å². The maximum Gasteiger partial charge on any atom is 0.338 e. The Morgan fingerprint density at radius 3 is 2.76 bits per heavy atom. The van der Waals surface area contributed by atoms with Gasteiger partial charge in [-0.15, -0.1) is 12.4 Å². The number of hydrogen-bond acceptors (Lipinski definition) is 4. The molecule has 1 rings (SSSR count). The van der Waals surface area contributed by atoms with Gasteiger partial charge in [0.25, 0.3) is 0 Å². The minimum absolute atomic E-state index is 0. The summed E-state index contributed by atoms with van der Waals surface area (Å²) in [7, 11) is 3.81. The van der Waals surface area contributed by atoms with Crippen LogP contribution in [0.4, 0.5) is 0 Å². The van der Waals surface area contributed by atoms with E-state index in [1.807, 2.05) is 25.1 Å². The van der Waals surface area contributed by atoms with Crippen LogP contribution in [-0.4, -0.2) is 38.1 Å². The Kier molecular flexibility index (Phi) is 6.95. The summed E-state index contributed by atoms with van der Waals surface area (Å²) in [5.41, 5.74) is 0.875. The quantitative estimate of drug-likeness (QED) is 0.768. The normalized spacial score (nSPS) is 9.29. The number of rotatable bonds is 4. The first kappa shape index (κ1) is 15.4. The highest BCUT2D eigenvalue weighted by molar-refractivity contribution is 5.89. The summed E-state index contributed by atoms with van der Waals surface area (Å²) in [6.45, 7) is 1.03. The van der Waals surface area contributed by atoms with Crippen LogP contribution in [0.15, 0.2) is 24.3 Å². The second-order valence-electron chi connectivity index (χ2n) is 3.63. The van der Waals surface area contributed by atoms with Gasteiger partial charge in [0.05, 0.1) is 17.2 Å². The van der Waals surface area contributed by atoms with Crippen molar-refractivity contribution in [3.8, 4) is 6.07 Å². The smallest absolute Gasteiger partial charge is 0.338 e. The van der Waals surface area contributed by atoms with Crippen molar-refractivity contribution in [2.45, 2.75) is 0 Å². The summed E-state index contributed by atoms with van der Waals surface area (Å²) in [5, 5.41) is 8.68. The van der Waals surface area contributed by atoms with E-state index in [9.17, 15) is 4.79 Å². The molecule has 0 saturated carbocycles. The Morgan fingerprint density at radius 2 is 2.18 bits per heavy atom. The molecule has 1 aromatic carbocycles. The molecule has 0 saturated heterocycles. The molecular weight excluding hydrogens is 240 g/mol. The largest absolute Gasteiger partial charge is 0.461 e. The number of ether oxygens (including phenoxy) is 1. The van der Waals surface area contributed by atoms with E-state index in [0.717, 1.165) is 0 Å². The molecule has 1 aromatic rings. The molecule has 0 aromatic heterocycles. The molecule has 0 aliphatic rings. The van der Waals surface area contributed by atoms with Crippen LogP contribution in [0, 0.1) is 11.3 Å². The van der Waals surface area contributed by atoms with Crippen molar-refractivity contribution in [1.82, 2.24) is 4.90 Å². The van der Waals surface area contributed by atoms with E-state index in [-0.39, 0.29) is 18.4 Å². The molecule has 0 aliphatic heterocycles. The van der Waals surface area contributed by atoms with Crippen LogP contribution in [0.2, 0.25) is 0 Å². The van der Waals surface area contributed by atoms with Gasteiger partial charge in [0.15, 0.2) is 0 Å². The Hall–Kier alpha value is -1.57. The van der Waals surface area contributed by atoms with Crippen LogP contribution in [0.25, 0.3) is 0 Å². The predicted molar refractivity (Wildman–Crippen MR) is 67.2 cm³/mol. The number of nitriles is 1. The van der Waals surface area contributed by atoms with Gasteiger partial charge in [-0.05, 0) is 32.3 Å². The van der Waals surface area contributed by atoms with Gasteiger partial charge in [-0.1, -0.05) is 6.07 Å². The minimum atomic E-state index is -0.390. The van der Waals surface area contributed by atoms with Crippen molar-refractivity contribution in [2.24, 2.45) is 0 Å². The summed E-state index contributed by atoms with van der Waals surface area (Å²) in [6.07, 6.45) is 0. The Labute approximate surface area is 107 Å². The Balaban J connectivity index is 0.00000256. The van der Waals surface area contributed by atoms with Crippen LogP contribution in [-0.2, 0) is 4.74 Å². The minimum Gasteiger partial charge on any atom is -0.461 e. The van der Waals surface area contributed by atoms with Gasteiger partial charge in [0.1, 0.15) is 6.61 Å². The van der Waals surface area contributed by atoms with E-state index in [2.05, 4.69) is 0 Å². The lowest BCUT2D eigenvalue weighted by atomic mass is 10.1. The second kappa shape index (κ2) is 7.66. The first-order valence-corrected chi connectivity index (χ1v) is 4.95. The van der Waals surface area contributed by atoms with Crippen LogP contribution < -0.4 is 0 Å². The van der Waals surface area contributed by atoms with E-state index in [4.69, 9.17) is 10.00 Å². The van der Waals surface area contributed by atoms with Crippen molar-refractivity contribution in [2.75, 3.05) is 27.2 Å². The lowest BCUT2D eigenvalue weighted by Crippen LogP contribution is -2.20. The molecular formula is C12H15ClN2O2. The van der Waals surface area contributed by atoms with Crippen LogP contribution in [0.3, 0.4) is 0 Å². The molecule has 0 atom stereocenters. The number of benzene rings is 1. The maximum atomic E-state index is 11.5. The van der Waals surface area contributed by atoms with Crippen molar-refractivity contribution in [3.63, 3.8) is 0 Å². The summed E-state index contributed by atoms with van der Waals surface area (Å²) in [6, 6.07) is 8.46. The van der Waals surface area contributed by atoms with E-state index >= 15 is 0 Å². The lowest BCUT2D eigenvalue weighted by molar-refractivity contribution is 0.0482. The number of nitrogens with zero attached hydrogens (tertiary/aromatic N) is 2. The number of carbonyl (C=O) groups is 1. The van der Waals surface area contributed by atoms with E-state index < -0.39 is 0 Å². The van der Waals surface area contributed by atoms with Gasteiger partial charge in [-0.25, -0.2) is 4.79 Å². The van der Waals surface area contributed by atoms with Crippen molar-refractivity contribution in [1.29, 1.82) is 5.26 Å². The summed E-state index contributed by atoms with van der Waals surface area (Å²) < 4.78 is 5.05. The number of hydrogen-bond donors (Lipinski definition) is 0. The highest BCUT2D eigenvalue weighted by Crippen LogP contribution is 2.05. The fourth-order valence-electron chi connectivity index (χ4n) is 1.12. The highest BCUT2D eigenvalue weighted by Gasteiger charge is 2.07. The fourth-order valence-corrected chi connectivity index (χ4v) is 1.12. The molecule has 17 heavy (non-hydrogen) atoms. The van der Waals surface area contributed by atoms with Gasteiger partial charge in [0, 0.05) is 6.54 Å². The third-order valence-corrected chi connectivity index (χ3v) is 2.00. The molecule has 0 unspecified atom stereocenters. The SMILES string of the molecule is CN(C)CCOC(=O)c1cccc(C#N)c1.Cl. The third-order valence-electron chi connectivity index (χ3n) is 2.00. The number of esters is 1. The molecule has 0 heterocycles. The van der Waals surface area contributed by atoms with Crippen LogP contribution in [0.1, 0.15) is 15.9 Å². The summed E-state index contributed by atoms with van der Waals surface area (Å²) in [5.74, 6) is -0.390. The number of halogens is 1. The van der Waals surface area contributed by atoms with Crippen molar-refractivity contribution < 1.29 is 9.53 Å². The van der Waals surface area contributed by atoms with E-state index in [1.54, 1.807) is 18.2 Å². The van der Waals surface area contributed by atoms with Gasteiger partial charge in [0.2, 0.25) is 0 Å². The van der Waals surface area contributed by atoms with Gasteiger partial charge >= 0.3 is 5.97 Å². The summed E-state index contributed by atoms with van der Waals surface area (Å²) >= 11 is 0. The average molecular weight is 255 g/mol. The number of likely N-dealkylation sites (N-methyl/N-ethyl adjacent to an activating group) is 1. The molecule has 92 valence electrons. The Bertz CT molecular complexity index is 413. The highest BCUT2D eigenvalue weighted by atomic mass is 35.5.